The molecule has 0 aliphatic rings. The maximum Gasteiger partial charge on any atom is 0.525 e. The summed E-state index contributed by atoms with van der Waals surface area (Å²) in [5, 5.41) is 0. The normalized spacial score (nSPS) is 13.8. The van der Waals surface area contributed by atoms with Crippen molar-refractivity contribution in [2.24, 2.45) is 0 Å². The molecule has 0 N–H and O–H groups in total. The van der Waals surface area contributed by atoms with Crippen molar-refractivity contribution in [3.8, 4) is 0 Å². The Morgan fingerprint density at radius 3 is 1.94 bits per heavy atom. The molecule has 1 rings (SSSR count). The number of hydrogen-bond donors (Lipinski definition) is 0. The topological polar surface area (TPSA) is 45.5 Å². The molecule has 1 aromatic heterocycles. The van der Waals surface area contributed by atoms with E-state index < -0.39 is 8.80 Å². The predicted molar refractivity (Wildman–Crippen MR) is 72.2 cm³/mol. The van der Waals surface area contributed by atoms with Crippen molar-refractivity contribution in [1.82, 2.24) is 9.55 Å². The molecule has 0 aliphatic heterocycles. The maximum absolute atomic E-state index is 5.93. The average Bonchev–Trinajstić information content (AvgIpc) is 2.84. The fourth-order valence-corrected chi connectivity index (χ4v) is 5.17. The molecule has 1 atom stereocenters. The van der Waals surface area contributed by atoms with E-state index in [0.717, 1.165) is 6.42 Å². The van der Waals surface area contributed by atoms with Gasteiger partial charge in [0.1, 0.15) is 5.67 Å². The number of aromatic nitrogens is 2. The summed E-state index contributed by atoms with van der Waals surface area (Å²) in [5.41, 5.74) is 0.0832. The highest BCUT2D eigenvalue weighted by Gasteiger charge is 2.49. The van der Waals surface area contributed by atoms with Crippen molar-refractivity contribution in [2.75, 3.05) is 19.8 Å². The molecule has 0 fully saturated rings. The minimum absolute atomic E-state index is 0.0832. The van der Waals surface area contributed by atoms with Gasteiger partial charge in [0.2, 0.25) is 0 Å². The molecule has 0 saturated heterocycles. The van der Waals surface area contributed by atoms with Crippen LogP contribution in [0.15, 0.2) is 18.7 Å². The second kappa shape index (κ2) is 7.68. The van der Waals surface area contributed by atoms with Gasteiger partial charge in [0.05, 0.1) is 6.33 Å². The van der Waals surface area contributed by atoms with Crippen molar-refractivity contribution < 1.29 is 13.3 Å². The van der Waals surface area contributed by atoms with Gasteiger partial charge in [-0.3, -0.25) is 0 Å². The largest absolute Gasteiger partial charge is 0.525 e. The van der Waals surface area contributed by atoms with Crippen LogP contribution in [0, 0.1) is 0 Å². The van der Waals surface area contributed by atoms with Crippen LogP contribution in [0.3, 0.4) is 0 Å². The Hall–Kier alpha value is -0.693. The summed E-state index contributed by atoms with van der Waals surface area (Å²) in [4.78, 5) is 4.10. The number of nitrogens with zero attached hydrogens (tertiary/aromatic N) is 2. The Balaban J connectivity index is 3.03. The maximum atomic E-state index is 5.93. The lowest BCUT2D eigenvalue weighted by atomic mass is 10.5. The van der Waals surface area contributed by atoms with Gasteiger partial charge in [-0.2, -0.15) is 0 Å². The van der Waals surface area contributed by atoms with Gasteiger partial charge in [0.15, 0.2) is 0 Å². The summed E-state index contributed by atoms with van der Waals surface area (Å²) >= 11 is 0. The first-order chi connectivity index (χ1) is 8.74. The van der Waals surface area contributed by atoms with Crippen molar-refractivity contribution >= 4 is 8.80 Å². The average molecular weight is 272 g/mol. The van der Waals surface area contributed by atoms with Crippen LogP contribution in [0.2, 0.25) is 0 Å². The van der Waals surface area contributed by atoms with Crippen LogP contribution >= 0.6 is 0 Å². The van der Waals surface area contributed by atoms with Crippen molar-refractivity contribution in [3.05, 3.63) is 18.7 Å². The Kier molecular flexibility index (Phi) is 6.55. The van der Waals surface area contributed by atoms with Gasteiger partial charge in [0.25, 0.3) is 0 Å². The molecular weight excluding hydrogens is 248 g/mol. The predicted octanol–water partition coefficient (Wildman–Crippen LogP) is 2.42. The molecule has 18 heavy (non-hydrogen) atoms. The van der Waals surface area contributed by atoms with Crippen LogP contribution < -0.4 is 0 Å². The second-order valence-corrected chi connectivity index (χ2v) is 6.58. The Morgan fingerprint density at radius 2 is 1.61 bits per heavy atom. The molecule has 0 amide bonds. The zero-order chi connectivity index (χ0) is 13.4. The lowest BCUT2D eigenvalue weighted by Gasteiger charge is -2.35. The van der Waals surface area contributed by atoms with Gasteiger partial charge in [0, 0.05) is 32.2 Å². The summed E-state index contributed by atoms with van der Waals surface area (Å²) in [6, 6.07) is 0. The molecular formula is C12H24N2O3Si. The van der Waals surface area contributed by atoms with Crippen LogP contribution in [-0.4, -0.2) is 38.2 Å². The Labute approximate surface area is 110 Å². The van der Waals surface area contributed by atoms with E-state index in [2.05, 4.69) is 11.9 Å². The molecule has 0 saturated carbocycles. The first kappa shape index (κ1) is 15.4. The second-order valence-electron chi connectivity index (χ2n) is 3.84. The minimum Gasteiger partial charge on any atom is -0.373 e. The number of imidazole rings is 1. The quantitative estimate of drug-likeness (QED) is 0.648. The van der Waals surface area contributed by atoms with Gasteiger partial charge in [-0.15, -0.1) is 0 Å². The lowest BCUT2D eigenvalue weighted by molar-refractivity contribution is 0.0527. The molecule has 6 heteroatoms. The third kappa shape index (κ3) is 3.41. The van der Waals surface area contributed by atoms with E-state index in [9.17, 15) is 0 Å². The van der Waals surface area contributed by atoms with E-state index in [-0.39, 0.29) is 5.67 Å². The smallest absolute Gasteiger partial charge is 0.373 e. The first-order valence-electron chi connectivity index (χ1n) is 6.63. The zero-order valence-corrected chi connectivity index (χ0v) is 12.8. The Bertz CT molecular complexity index is 302. The number of rotatable bonds is 9. The van der Waals surface area contributed by atoms with Crippen LogP contribution in [0.1, 0.15) is 39.8 Å². The standard InChI is InChI=1S/C12H24N2O3Si/c1-5-12(14-10-9-13-11-14)18(15-6-2,16-7-3)17-8-4/h9-12H,5-8H2,1-4H3. The van der Waals surface area contributed by atoms with Crippen LogP contribution in [0.4, 0.5) is 0 Å². The van der Waals surface area contributed by atoms with E-state index in [4.69, 9.17) is 13.3 Å². The zero-order valence-electron chi connectivity index (χ0n) is 11.8. The third-order valence-electron chi connectivity index (χ3n) is 2.72. The Morgan fingerprint density at radius 1 is 1.06 bits per heavy atom. The molecule has 0 aromatic carbocycles. The summed E-state index contributed by atoms with van der Waals surface area (Å²) in [6.07, 6.45) is 6.40. The first-order valence-corrected chi connectivity index (χ1v) is 8.43. The number of hydrogen-bond acceptors (Lipinski definition) is 4. The molecule has 0 bridgehead atoms. The fourth-order valence-electron chi connectivity index (χ4n) is 2.11. The molecule has 0 spiro atoms. The highest BCUT2D eigenvalue weighted by Crippen LogP contribution is 2.28. The molecule has 1 aromatic rings. The molecule has 104 valence electrons. The third-order valence-corrected chi connectivity index (χ3v) is 6.31. The fraction of sp³-hybridized carbons (Fsp3) is 0.750. The SMILES string of the molecule is CCO[Si](OCC)(OCC)C(CC)n1ccnc1. The molecule has 0 radical (unpaired) electrons. The van der Waals surface area contributed by atoms with Crippen LogP contribution in [-0.2, 0) is 13.3 Å². The van der Waals surface area contributed by atoms with E-state index in [1.54, 1.807) is 12.5 Å². The van der Waals surface area contributed by atoms with Crippen molar-refractivity contribution in [2.45, 2.75) is 39.8 Å². The van der Waals surface area contributed by atoms with Crippen LogP contribution in [0.25, 0.3) is 0 Å². The van der Waals surface area contributed by atoms with E-state index in [1.807, 2.05) is 31.5 Å². The van der Waals surface area contributed by atoms with E-state index in [1.165, 1.54) is 0 Å². The van der Waals surface area contributed by atoms with E-state index >= 15 is 0 Å². The molecule has 1 heterocycles. The van der Waals surface area contributed by atoms with Gasteiger partial charge < -0.3 is 17.8 Å². The molecule has 1 unspecified atom stereocenters. The van der Waals surface area contributed by atoms with Crippen molar-refractivity contribution in [3.63, 3.8) is 0 Å². The molecule has 0 aliphatic carbocycles. The van der Waals surface area contributed by atoms with Gasteiger partial charge in [-0.25, -0.2) is 4.98 Å². The summed E-state index contributed by atoms with van der Waals surface area (Å²) in [6.45, 7) is 9.82. The van der Waals surface area contributed by atoms with Gasteiger partial charge in [-0.1, -0.05) is 6.92 Å². The summed E-state index contributed by atoms with van der Waals surface area (Å²) in [5.74, 6) is 0. The molecule has 5 nitrogen and oxygen atoms in total. The monoisotopic (exact) mass is 272 g/mol. The highest BCUT2D eigenvalue weighted by molar-refractivity contribution is 6.61. The summed E-state index contributed by atoms with van der Waals surface area (Å²) in [7, 11) is -2.71. The highest BCUT2D eigenvalue weighted by atomic mass is 28.4. The van der Waals surface area contributed by atoms with E-state index in [0.29, 0.717) is 19.8 Å². The lowest BCUT2D eigenvalue weighted by Crippen LogP contribution is -2.53. The van der Waals surface area contributed by atoms with Gasteiger partial charge >= 0.3 is 8.80 Å². The summed E-state index contributed by atoms with van der Waals surface area (Å²) < 4.78 is 19.8. The van der Waals surface area contributed by atoms with Crippen LogP contribution in [0.5, 0.6) is 0 Å². The minimum atomic E-state index is -2.71. The van der Waals surface area contributed by atoms with Gasteiger partial charge in [-0.05, 0) is 27.2 Å². The van der Waals surface area contributed by atoms with Crippen molar-refractivity contribution in [1.29, 1.82) is 0 Å².